The zero-order valence-electron chi connectivity index (χ0n) is 8.08. The molecule has 0 aromatic carbocycles. The second kappa shape index (κ2) is 4.88. The van der Waals surface area contributed by atoms with Gasteiger partial charge in [0.2, 0.25) is 0 Å². The molecule has 3 nitrogen and oxygen atoms in total. The number of aliphatic hydroxyl groups excluding tert-OH is 1. The summed E-state index contributed by atoms with van der Waals surface area (Å²) in [6, 6.07) is 0. The van der Waals surface area contributed by atoms with Crippen molar-refractivity contribution in [1.82, 2.24) is 0 Å². The molecule has 0 spiro atoms. The number of carboxylic acid groups (broad SMARTS) is 1. The number of carboxylic acids is 1. The number of unbranched alkanes of at least 4 members (excludes halogenated alkanes) is 1. The van der Waals surface area contributed by atoms with E-state index in [2.05, 4.69) is 5.92 Å². The van der Waals surface area contributed by atoms with Crippen LogP contribution in [-0.2, 0) is 4.79 Å². The van der Waals surface area contributed by atoms with E-state index in [1.165, 1.54) is 13.8 Å². The predicted molar refractivity (Wildman–Crippen MR) is 50.1 cm³/mol. The highest BCUT2D eigenvalue weighted by Crippen LogP contribution is 2.24. The Kier molecular flexibility index (Phi) is 4.50. The normalized spacial score (nSPS) is 13.4. The fourth-order valence-corrected chi connectivity index (χ4v) is 0.901. The van der Waals surface area contributed by atoms with Gasteiger partial charge in [-0.25, -0.2) is 0 Å². The minimum atomic E-state index is -1.09. The molecule has 74 valence electrons. The van der Waals surface area contributed by atoms with Gasteiger partial charge in [0.15, 0.2) is 0 Å². The van der Waals surface area contributed by atoms with Crippen LogP contribution in [0.25, 0.3) is 0 Å². The number of terminal acetylenes is 1. The van der Waals surface area contributed by atoms with Crippen molar-refractivity contribution in [3.63, 3.8) is 0 Å². The van der Waals surface area contributed by atoms with Crippen LogP contribution in [0.3, 0.4) is 0 Å². The van der Waals surface area contributed by atoms with Crippen molar-refractivity contribution < 1.29 is 15.0 Å². The van der Waals surface area contributed by atoms with Crippen LogP contribution in [0.2, 0.25) is 0 Å². The Morgan fingerprint density at radius 1 is 1.62 bits per heavy atom. The molecule has 0 aromatic rings. The topological polar surface area (TPSA) is 57.5 Å². The lowest BCUT2D eigenvalue weighted by Gasteiger charge is -2.25. The van der Waals surface area contributed by atoms with Crippen molar-refractivity contribution in [1.29, 1.82) is 0 Å². The maximum absolute atomic E-state index is 10.7. The highest BCUT2D eigenvalue weighted by atomic mass is 16.4. The van der Waals surface area contributed by atoms with E-state index in [1.54, 1.807) is 0 Å². The molecule has 0 amide bonds. The van der Waals surface area contributed by atoms with Gasteiger partial charge in [0, 0.05) is 6.42 Å². The van der Waals surface area contributed by atoms with E-state index in [4.69, 9.17) is 11.5 Å². The maximum atomic E-state index is 10.7. The molecule has 13 heavy (non-hydrogen) atoms. The van der Waals surface area contributed by atoms with Gasteiger partial charge in [-0.05, 0) is 26.7 Å². The molecular formula is C10H16O3. The average molecular weight is 184 g/mol. The molecule has 0 aliphatic rings. The van der Waals surface area contributed by atoms with Crippen molar-refractivity contribution in [2.24, 2.45) is 5.41 Å². The lowest BCUT2D eigenvalue weighted by molar-refractivity contribution is -0.153. The second-order valence-corrected chi connectivity index (χ2v) is 3.64. The Hall–Kier alpha value is -1.01. The van der Waals surface area contributed by atoms with Gasteiger partial charge in [0.25, 0.3) is 0 Å². The molecule has 0 radical (unpaired) electrons. The van der Waals surface area contributed by atoms with Gasteiger partial charge in [0.05, 0.1) is 11.5 Å². The number of hydrogen-bond donors (Lipinski definition) is 2. The van der Waals surface area contributed by atoms with E-state index < -0.39 is 17.5 Å². The Bertz CT molecular complexity index is 213. The Morgan fingerprint density at radius 2 is 2.15 bits per heavy atom. The fourth-order valence-electron chi connectivity index (χ4n) is 0.901. The summed E-state index contributed by atoms with van der Waals surface area (Å²) in [4.78, 5) is 10.7. The molecule has 0 saturated heterocycles. The van der Waals surface area contributed by atoms with E-state index in [0.29, 0.717) is 19.3 Å². The molecule has 0 aliphatic carbocycles. The third kappa shape index (κ3) is 3.47. The first-order valence-corrected chi connectivity index (χ1v) is 4.28. The van der Waals surface area contributed by atoms with Crippen molar-refractivity contribution in [2.45, 2.75) is 39.2 Å². The number of rotatable bonds is 5. The summed E-state index contributed by atoms with van der Waals surface area (Å²) in [6.07, 6.45) is 5.87. The number of aliphatic hydroxyl groups is 1. The third-order valence-corrected chi connectivity index (χ3v) is 2.18. The lowest BCUT2D eigenvalue weighted by atomic mass is 9.84. The first-order valence-electron chi connectivity index (χ1n) is 4.28. The smallest absolute Gasteiger partial charge is 0.311 e. The van der Waals surface area contributed by atoms with Crippen LogP contribution in [0.5, 0.6) is 0 Å². The Morgan fingerprint density at radius 3 is 2.54 bits per heavy atom. The van der Waals surface area contributed by atoms with Crippen LogP contribution in [0.15, 0.2) is 0 Å². The first-order chi connectivity index (χ1) is 5.92. The molecule has 0 aliphatic heterocycles. The van der Waals surface area contributed by atoms with Gasteiger partial charge < -0.3 is 10.2 Å². The molecule has 0 rings (SSSR count). The van der Waals surface area contributed by atoms with Gasteiger partial charge in [0.1, 0.15) is 0 Å². The minimum absolute atomic E-state index is 0.434. The minimum Gasteiger partial charge on any atom is -0.481 e. The zero-order chi connectivity index (χ0) is 10.5. The highest BCUT2D eigenvalue weighted by molar-refractivity contribution is 5.74. The van der Waals surface area contributed by atoms with Crippen LogP contribution in [-0.4, -0.2) is 22.3 Å². The van der Waals surface area contributed by atoms with Gasteiger partial charge in [-0.15, -0.1) is 12.3 Å². The van der Waals surface area contributed by atoms with Gasteiger partial charge in [-0.2, -0.15) is 0 Å². The monoisotopic (exact) mass is 184 g/mol. The van der Waals surface area contributed by atoms with Crippen molar-refractivity contribution in [2.75, 3.05) is 0 Å². The summed E-state index contributed by atoms with van der Waals surface area (Å²) in [6.45, 7) is 3.02. The quantitative estimate of drug-likeness (QED) is 0.499. The summed E-state index contributed by atoms with van der Waals surface area (Å²) in [5, 5.41) is 18.3. The Labute approximate surface area is 78.8 Å². The summed E-state index contributed by atoms with van der Waals surface area (Å²) in [5.74, 6) is 1.46. The summed E-state index contributed by atoms with van der Waals surface area (Å²) < 4.78 is 0. The van der Waals surface area contributed by atoms with Crippen molar-refractivity contribution in [3.8, 4) is 12.3 Å². The van der Waals surface area contributed by atoms with E-state index in [0.717, 1.165) is 0 Å². The van der Waals surface area contributed by atoms with Gasteiger partial charge in [-0.1, -0.05) is 0 Å². The maximum Gasteiger partial charge on any atom is 0.311 e. The molecule has 0 unspecified atom stereocenters. The van der Waals surface area contributed by atoms with Gasteiger partial charge in [-0.3, -0.25) is 4.79 Å². The standard InChI is InChI=1S/C10H16O3/c1-4-5-6-7-8(11)10(2,3)9(12)13/h1,8,11H,5-7H2,2-3H3,(H,12,13)/t8-/m1/s1. The predicted octanol–water partition coefficient (Wildman–Crippen LogP) is 1.26. The van der Waals surface area contributed by atoms with Crippen LogP contribution in [0.4, 0.5) is 0 Å². The molecule has 1 atom stereocenters. The van der Waals surface area contributed by atoms with Crippen molar-refractivity contribution in [3.05, 3.63) is 0 Å². The largest absolute Gasteiger partial charge is 0.481 e. The zero-order valence-corrected chi connectivity index (χ0v) is 8.08. The summed E-state index contributed by atoms with van der Waals surface area (Å²) in [5.41, 5.74) is -1.09. The third-order valence-electron chi connectivity index (χ3n) is 2.18. The van der Waals surface area contributed by atoms with Crippen LogP contribution in [0.1, 0.15) is 33.1 Å². The lowest BCUT2D eigenvalue weighted by Crippen LogP contribution is -2.36. The van der Waals surface area contributed by atoms with E-state index >= 15 is 0 Å². The van der Waals surface area contributed by atoms with Gasteiger partial charge >= 0.3 is 5.97 Å². The second-order valence-electron chi connectivity index (χ2n) is 3.64. The van der Waals surface area contributed by atoms with Crippen LogP contribution >= 0.6 is 0 Å². The van der Waals surface area contributed by atoms with Crippen LogP contribution in [0, 0.1) is 17.8 Å². The Balaban J connectivity index is 4.03. The fraction of sp³-hybridized carbons (Fsp3) is 0.700. The average Bonchev–Trinajstić information content (AvgIpc) is 2.04. The molecule has 0 heterocycles. The molecule has 0 saturated carbocycles. The summed E-state index contributed by atoms with van der Waals surface area (Å²) >= 11 is 0. The van der Waals surface area contributed by atoms with Crippen molar-refractivity contribution >= 4 is 5.97 Å². The number of carbonyl (C=O) groups is 1. The van der Waals surface area contributed by atoms with E-state index in [9.17, 15) is 9.90 Å². The van der Waals surface area contributed by atoms with E-state index in [1.807, 2.05) is 0 Å². The molecule has 2 N–H and O–H groups in total. The molecule has 0 aromatic heterocycles. The molecule has 3 heteroatoms. The molecular weight excluding hydrogens is 168 g/mol. The summed E-state index contributed by atoms with van der Waals surface area (Å²) in [7, 11) is 0. The SMILES string of the molecule is C#CCCC[C@@H](O)C(C)(C)C(=O)O. The first kappa shape index (κ1) is 12.0. The van der Waals surface area contributed by atoms with E-state index in [-0.39, 0.29) is 0 Å². The van der Waals surface area contributed by atoms with Crippen LogP contribution < -0.4 is 0 Å². The highest BCUT2D eigenvalue weighted by Gasteiger charge is 2.34. The number of aliphatic carboxylic acids is 1. The molecule has 0 fully saturated rings. The number of hydrogen-bond acceptors (Lipinski definition) is 2. The molecule has 0 bridgehead atoms.